The molecule has 0 unspecified atom stereocenters. The van der Waals surface area contributed by atoms with E-state index in [2.05, 4.69) is 11.8 Å². The molecule has 0 N–H and O–H groups in total. The van der Waals surface area contributed by atoms with Gasteiger partial charge >= 0.3 is 11.7 Å². The van der Waals surface area contributed by atoms with Gasteiger partial charge in [-0.25, -0.2) is 9.59 Å². The second-order valence-corrected chi connectivity index (χ2v) is 9.36. The molecular formula is C29H30N4O5. The van der Waals surface area contributed by atoms with Crippen molar-refractivity contribution in [3.05, 3.63) is 86.1 Å². The predicted molar refractivity (Wildman–Crippen MR) is 145 cm³/mol. The molecule has 0 saturated carbocycles. The summed E-state index contributed by atoms with van der Waals surface area (Å²) in [7, 11) is 4.37. The first kappa shape index (κ1) is 26.6. The quantitative estimate of drug-likeness (QED) is 0.278. The number of carbonyl (C=O) groups excluding carboxylic acids is 1. The molecule has 0 atom stereocenters. The van der Waals surface area contributed by atoms with Crippen molar-refractivity contribution >= 4 is 17.0 Å². The largest absolute Gasteiger partial charge is 0.465 e. The van der Waals surface area contributed by atoms with Gasteiger partial charge in [0.1, 0.15) is 12.0 Å². The van der Waals surface area contributed by atoms with Gasteiger partial charge in [-0.1, -0.05) is 50.0 Å². The van der Waals surface area contributed by atoms with Crippen LogP contribution in [-0.2, 0) is 29.6 Å². The number of benzene rings is 2. The third-order valence-electron chi connectivity index (χ3n) is 6.04. The normalized spacial score (nSPS) is 11.0. The molecule has 0 aliphatic heterocycles. The van der Waals surface area contributed by atoms with Crippen molar-refractivity contribution in [2.75, 3.05) is 20.8 Å². The molecule has 0 saturated heterocycles. The highest BCUT2D eigenvalue weighted by atomic mass is 16.5. The van der Waals surface area contributed by atoms with Crippen LogP contribution in [0.15, 0.2) is 58.1 Å². The molecule has 4 rings (SSSR count). The Hall–Kier alpha value is -4.42. The van der Waals surface area contributed by atoms with E-state index in [4.69, 9.17) is 14.6 Å². The summed E-state index contributed by atoms with van der Waals surface area (Å²) in [6.45, 7) is 5.03. The average Bonchev–Trinajstić information content (AvgIpc) is 3.28. The van der Waals surface area contributed by atoms with Crippen molar-refractivity contribution in [3.8, 4) is 23.1 Å². The molecule has 0 radical (unpaired) electrons. The van der Waals surface area contributed by atoms with Crippen molar-refractivity contribution in [2.45, 2.75) is 26.9 Å². The van der Waals surface area contributed by atoms with Crippen LogP contribution in [-0.4, -0.2) is 45.7 Å². The van der Waals surface area contributed by atoms with Gasteiger partial charge in [-0.15, -0.1) is 0 Å². The molecule has 9 heteroatoms. The fourth-order valence-electron chi connectivity index (χ4n) is 4.34. The standard InChI is InChI=1S/C29H30N4O5/c1-19(2)17-32-26-24(27(34)31(3)29(32)36)25(22-12-7-13-23(16-22)28(35)38-5)33(30-26)18-21-10-6-9-20(15-21)11-8-14-37-4/h6-7,9-10,12-13,15-16,19H,14,17-18H2,1-5H3. The zero-order chi connectivity index (χ0) is 27.4. The number of nitrogens with zero attached hydrogens (tertiary/aromatic N) is 4. The highest BCUT2D eigenvalue weighted by molar-refractivity contribution is 5.95. The third-order valence-corrected chi connectivity index (χ3v) is 6.04. The van der Waals surface area contributed by atoms with Gasteiger partial charge in [0.05, 0.1) is 24.9 Å². The summed E-state index contributed by atoms with van der Waals surface area (Å²) in [5.41, 5.74) is 2.62. The second-order valence-electron chi connectivity index (χ2n) is 9.36. The summed E-state index contributed by atoms with van der Waals surface area (Å²) in [4.78, 5) is 38.9. The van der Waals surface area contributed by atoms with E-state index in [1.54, 1.807) is 30.0 Å². The lowest BCUT2D eigenvalue weighted by molar-refractivity contribution is 0.0600. The van der Waals surface area contributed by atoms with Crippen LogP contribution in [0.2, 0.25) is 0 Å². The Morgan fingerprint density at radius 1 is 1.08 bits per heavy atom. The first-order valence-electron chi connectivity index (χ1n) is 12.2. The zero-order valence-electron chi connectivity index (χ0n) is 22.1. The maximum absolute atomic E-state index is 13.5. The van der Waals surface area contributed by atoms with Gasteiger partial charge in [0.25, 0.3) is 5.56 Å². The minimum absolute atomic E-state index is 0.145. The van der Waals surface area contributed by atoms with Gasteiger partial charge < -0.3 is 9.47 Å². The zero-order valence-corrected chi connectivity index (χ0v) is 22.1. The van der Waals surface area contributed by atoms with E-state index in [0.717, 1.165) is 15.7 Å². The Labute approximate surface area is 220 Å². The molecule has 0 aliphatic rings. The van der Waals surface area contributed by atoms with Gasteiger partial charge in [-0.2, -0.15) is 5.10 Å². The Balaban J connectivity index is 1.99. The lowest BCUT2D eigenvalue weighted by atomic mass is 10.1. The highest BCUT2D eigenvalue weighted by Gasteiger charge is 2.23. The molecule has 2 aromatic carbocycles. The fourth-order valence-corrected chi connectivity index (χ4v) is 4.34. The van der Waals surface area contributed by atoms with Gasteiger partial charge in [-0.3, -0.25) is 18.6 Å². The van der Waals surface area contributed by atoms with E-state index in [-0.39, 0.29) is 5.92 Å². The molecule has 196 valence electrons. The molecular weight excluding hydrogens is 484 g/mol. The van der Waals surface area contributed by atoms with E-state index >= 15 is 0 Å². The molecule has 9 nitrogen and oxygen atoms in total. The van der Waals surface area contributed by atoms with E-state index < -0.39 is 17.2 Å². The first-order valence-corrected chi connectivity index (χ1v) is 12.2. The number of aromatic nitrogens is 4. The lowest BCUT2D eigenvalue weighted by Crippen LogP contribution is -2.38. The maximum atomic E-state index is 13.5. The summed E-state index contributed by atoms with van der Waals surface area (Å²) in [5, 5.41) is 5.10. The minimum Gasteiger partial charge on any atom is -0.465 e. The predicted octanol–water partition coefficient (Wildman–Crippen LogP) is 3.05. The van der Waals surface area contributed by atoms with Crippen molar-refractivity contribution in [2.24, 2.45) is 13.0 Å². The van der Waals surface area contributed by atoms with Crippen LogP contribution in [0.4, 0.5) is 0 Å². The SMILES string of the molecule is COCC#Cc1cccc(Cn2nc3c(c2-c2cccc(C(=O)OC)c2)c(=O)n(C)c(=O)n3CC(C)C)c1. The first-order chi connectivity index (χ1) is 18.2. The van der Waals surface area contributed by atoms with Crippen LogP contribution < -0.4 is 11.2 Å². The second kappa shape index (κ2) is 11.3. The van der Waals surface area contributed by atoms with Crippen molar-refractivity contribution in [1.82, 2.24) is 18.9 Å². The molecule has 0 amide bonds. The number of rotatable bonds is 7. The molecule has 2 aromatic heterocycles. The number of hydrogen-bond acceptors (Lipinski definition) is 6. The van der Waals surface area contributed by atoms with E-state index in [9.17, 15) is 14.4 Å². The van der Waals surface area contributed by atoms with Crippen LogP contribution in [0.25, 0.3) is 22.3 Å². The van der Waals surface area contributed by atoms with Crippen LogP contribution in [0.5, 0.6) is 0 Å². The minimum atomic E-state index is -0.492. The highest BCUT2D eigenvalue weighted by Crippen LogP contribution is 2.28. The van der Waals surface area contributed by atoms with E-state index in [1.165, 1.54) is 18.7 Å². The van der Waals surface area contributed by atoms with Crippen LogP contribution in [0, 0.1) is 17.8 Å². The molecule has 0 bridgehead atoms. The Morgan fingerprint density at radius 2 is 1.84 bits per heavy atom. The molecule has 0 fully saturated rings. The summed E-state index contributed by atoms with van der Waals surface area (Å²) in [6, 6.07) is 14.6. The van der Waals surface area contributed by atoms with Gasteiger partial charge in [0.2, 0.25) is 0 Å². The monoisotopic (exact) mass is 514 g/mol. The molecule has 2 heterocycles. The van der Waals surface area contributed by atoms with Crippen molar-refractivity contribution in [3.63, 3.8) is 0 Å². The number of hydrogen-bond donors (Lipinski definition) is 0. The smallest absolute Gasteiger partial charge is 0.337 e. The Morgan fingerprint density at radius 3 is 2.55 bits per heavy atom. The summed E-state index contributed by atoms with van der Waals surface area (Å²) in [6.07, 6.45) is 0. The average molecular weight is 515 g/mol. The molecule has 38 heavy (non-hydrogen) atoms. The number of methoxy groups -OCH3 is 2. The van der Waals surface area contributed by atoms with Crippen LogP contribution in [0.3, 0.4) is 0 Å². The van der Waals surface area contributed by atoms with Crippen LogP contribution in [0.1, 0.15) is 35.3 Å². The molecule has 0 aliphatic carbocycles. The van der Waals surface area contributed by atoms with Gasteiger partial charge in [-0.05, 0) is 35.7 Å². The number of esters is 1. The number of ether oxygens (including phenoxy) is 2. The molecule has 0 spiro atoms. The van der Waals surface area contributed by atoms with E-state index in [0.29, 0.717) is 47.6 Å². The topological polar surface area (TPSA) is 97.4 Å². The summed E-state index contributed by atoms with van der Waals surface area (Å²) in [5.74, 6) is 5.67. The van der Waals surface area contributed by atoms with Crippen molar-refractivity contribution in [1.29, 1.82) is 0 Å². The Bertz CT molecular complexity index is 1680. The van der Waals surface area contributed by atoms with E-state index in [1.807, 2.05) is 44.2 Å². The number of carbonyl (C=O) groups is 1. The Kier molecular flexibility index (Phi) is 7.93. The lowest BCUT2D eigenvalue weighted by Gasteiger charge is -2.11. The summed E-state index contributed by atoms with van der Waals surface area (Å²) >= 11 is 0. The maximum Gasteiger partial charge on any atom is 0.337 e. The molecule has 4 aromatic rings. The number of fused-ring (bicyclic) bond motifs is 1. The van der Waals surface area contributed by atoms with Gasteiger partial charge in [0.15, 0.2) is 5.65 Å². The fraction of sp³-hybridized carbons (Fsp3) is 0.310. The third kappa shape index (κ3) is 5.31. The van der Waals surface area contributed by atoms with Crippen LogP contribution >= 0.6 is 0 Å². The summed E-state index contributed by atoms with van der Waals surface area (Å²) < 4.78 is 14.3. The van der Waals surface area contributed by atoms with Crippen molar-refractivity contribution < 1.29 is 14.3 Å². The van der Waals surface area contributed by atoms with Gasteiger partial charge in [0, 0.05) is 31.8 Å².